The van der Waals surface area contributed by atoms with E-state index in [0.29, 0.717) is 0 Å². The number of rotatable bonds is 6. The Hall–Kier alpha value is -0.135. The molecule has 0 aromatic carbocycles. The Bertz CT molecular complexity index is 84.9. The van der Waals surface area contributed by atoms with Crippen molar-refractivity contribution in [3.8, 4) is 0 Å². The van der Waals surface area contributed by atoms with Gasteiger partial charge in [0.25, 0.3) is 0 Å². The van der Waals surface area contributed by atoms with Crippen molar-refractivity contribution in [3.05, 3.63) is 0 Å². The topological polar surface area (TPSA) is 79.2 Å². The molecule has 0 aromatic heterocycles. The first-order chi connectivity index (χ1) is 5.26. The highest BCUT2D eigenvalue weighted by atomic mass is 16.7. The number of aliphatic hydroxyl groups is 3. The highest BCUT2D eigenvalue weighted by Gasteiger charge is 2.25. The van der Waals surface area contributed by atoms with Gasteiger partial charge in [-0.15, -0.1) is 0 Å². The molecule has 11 heavy (non-hydrogen) atoms. The summed E-state index contributed by atoms with van der Waals surface area (Å²) >= 11 is 0. The van der Waals surface area contributed by atoms with Crippen LogP contribution in [-0.2, 0) is 9.31 Å². The first-order valence-electron chi connectivity index (χ1n) is 3.32. The highest BCUT2D eigenvalue weighted by molar-refractivity contribution is 6.46. The van der Waals surface area contributed by atoms with Crippen LogP contribution in [0.25, 0.3) is 0 Å². The lowest BCUT2D eigenvalue weighted by molar-refractivity contribution is 0.0223. The minimum absolute atomic E-state index is 0.120. The van der Waals surface area contributed by atoms with Crippen molar-refractivity contribution in [2.24, 2.45) is 0 Å². The Labute approximate surface area is 65.7 Å². The fourth-order valence-electron chi connectivity index (χ4n) is 0.610. The summed E-state index contributed by atoms with van der Waals surface area (Å²) in [6.07, 6.45) is 0. The van der Waals surface area contributed by atoms with E-state index in [4.69, 9.17) is 15.3 Å². The van der Waals surface area contributed by atoms with Gasteiger partial charge in [-0.3, -0.25) is 0 Å². The maximum Gasteiger partial charge on any atom is 0.465 e. The third-order valence-electron chi connectivity index (χ3n) is 1.23. The van der Waals surface area contributed by atoms with E-state index in [1.165, 1.54) is 0 Å². The summed E-state index contributed by atoms with van der Waals surface area (Å²) in [5.74, 6) is -0.269. The minimum atomic E-state index is -0.755. The molecule has 0 fully saturated rings. The molecule has 0 aromatic rings. The van der Waals surface area contributed by atoms with Crippen LogP contribution in [0.2, 0.25) is 5.82 Å². The smallest absolute Gasteiger partial charge is 0.397 e. The average molecular weight is 164 g/mol. The Kier molecular flexibility index (Phi) is 6.49. The summed E-state index contributed by atoms with van der Waals surface area (Å²) in [6.45, 7) is 0.574. The van der Waals surface area contributed by atoms with E-state index in [-0.39, 0.29) is 12.4 Å². The van der Waals surface area contributed by atoms with Gasteiger partial charge in [-0.05, 0) is 0 Å². The van der Waals surface area contributed by atoms with Gasteiger partial charge in [-0.1, -0.05) is 6.92 Å². The van der Waals surface area contributed by atoms with Gasteiger partial charge < -0.3 is 24.6 Å². The van der Waals surface area contributed by atoms with Gasteiger partial charge in [-0.25, -0.2) is 0 Å². The van der Waals surface area contributed by atoms with Crippen LogP contribution in [0, 0.1) is 0 Å². The molecule has 1 atom stereocenters. The van der Waals surface area contributed by atoms with E-state index in [9.17, 15) is 0 Å². The Balaban J connectivity index is 3.66. The second kappa shape index (κ2) is 6.57. The molecule has 0 aliphatic rings. The third kappa shape index (κ3) is 4.33. The number of aliphatic hydroxyl groups excluding tert-OH is 3. The van der Waals surface area contributed by atoms with E-state index >= 15 is 0 Å². The molecule has 66 valence electrons. The van der Waals surface area contributed by atoms with Crippen LogP contribution < -0.4 is 0 Å². The summed E-state index contributed by atoms with van der Waals surface area (Å²) in [5.41, 5.74) is 0. The summed E-state index contributed by atoms with van der Waals surface area (Å²) in [5, 5.41) is 25.3. The van der Waals surface area contributed by atoms with Crippen LogP contribution in [0.15, 0.2) is 0 Å². The van der Waals surface area contributed by atoms with Gasteiger partial charge >= 0.3 is 7.12 Å². The molecule has 0 radical (unpaired) electrons. The lowest BCUT2D eigenvalue weighted by Crippen LogP contribution is -2.30. The summed E-state index contributed by atoms with van der Waals surface area (Å²) < 4.78 is 9.30. The van der Waals surface area contributed by atoms with E-state index in [1.54, 1.807) is 6.92 Å². The van der Waals surface area contributed by atoms with Crippen molar-refractivity contribution in [3.63, 3.8) is 0 Å². The van der Waals surface area contributed by atoms with Crippen LogP contribution in [0.4, 0.5) is 0 Å². The fraction of sp³-hybridized carbons (Fsp3) is 1.00. The van der Waals surface area contributed by atoms with Gasteiger partial charge in [-0.2, -0.15) is 0 Å². The molecular formula is C5H13BO5. The molecule has 1 unspecified atom stereocenters. The quantitative estimate of drug-likeness (QED) is 0.339. The molecule has 3 N–H and O–H groups in total. The zero-order valence-corrected chi connectivity index (χ0v) is 6.43. The Morgan fingerprint density at radius 2 is 1.64 bits per heavy atom. The minimum Gasteiger partial charge on any atom is -0.397 e. The van der Waals surface area contributed by atoms with Crippen molar-refractivity contribution in [1.29, 1.82) is 0 Å². The second-order valence-corrected chi connectivity index (χ2v) is 2.12. The normalized spacial score (nSPS) is 13.1. The van der Waals surface area contributed by atoms with E-state index in [2.05, 4.69) is 9.31 Å². The van der Waals surface area contributed by atoms with Gasteiger partial charge in [0.05, 0.1) is 0 Å². The maximum atomic E-state index is 8.64. The molecule has 0 spiro atoms. The lowest BCUT2D eigenvalue weighted by Gasteiger charge is -2.15. The average Bonchev–Trinajstić information content (AvgIpc) is 2.03. The van der Waals surface area contributed by atoms with Crippen molar-refractivity contribution in [2.75, 3.05) is 20.2 Å². The van der Waals surface area contributed by atoms with Gasteiger partial charge in [0, 0.05) is 12.4 Å². The SMILES string of the molecule is CC(CO)B(OCO)OCO. The Morgan fingerprint density at radius 3 is 1.91 bits per heavy atom. The van der Waals surface area contributed by atoms with Crippen molar-refractivity contribution < 1.29 is 24.6 Å². The van der Waals surface area contributed by atoms with Crippen molar-refractivity contribution in [1.82, 2.24) is 0 Å². The van der Waals surface area contributed by atoms with Crippen LogP contribution >= 0.6 is 0 Å². The molecule has 0 rings (SSSR count). The molecule has 5 nitrogen and oxygen atoms in total. The molecule has 0 amide bonds. The zero-order chi connectivity index (χ0) is 8.69. The van der Waals surface area contributed by atoms with Crippen LogP contribution in [0.5, 0.6) is 0 Å². The molecule has 0 aliphatic heterocycles. The molecule has 0 aliphatic carbocycles. The van der Waals surface area contributed by atoms with Crippen molar-refractivity contribution in [2.45, 2.75) is 12.7 Å². The van der Waals surface area contributed by atoms with Gasteiger partial charge in [0.1, 0.15) is 13.6 Å². The summed E-state index contributed by atoms with van der Waals surface area (Å²) in [7, 11) is -0.755. The van der Waals surface area contributed by atoms with Crippen LogP contribution in [0.3, 0.4) is 0 Å². The summed E-state index contributed by atoms with van der Waals surface area (Å²) in [6, 6.07) is 0. The van der Waals surface area contributed by atoms with Gasteiger partial charge in [0.2, 0.25) is 0 Å². The molecule has 0 saturated heterocycles. The fourth-order valence-corrected chi connectivity index (χ4v) is 0.610. The standard InChI is InChI=1S/C5H13BO5/c1-5(2-7)6(10-3-8)11-4-9/h5,7-9H,2-4H2,1H3. The first kappa shape index (κ1) is 10.9. The number of hydrogen-bond donors (Lipinski definition) is 3. The molecular weight excluding hydrogens is 151 g/mol. The maximum absolute atomic E-state index is 8.64. The van der Waals surface area contributed by atoms with E-state index < -0.39 is 20.7 Å². The number of hydrogen-bond acceptors (Lipinski definition) is 5. The Morgan fingerprint density at radius 1 is 1.18 bits per heavy atom. The molecule has 6 heteroatoms. The van der Waals surface area contributed by atoms with E-state index in [1.807, 2.05) is 0 Å². The monoisotopic (exact) mass is 164 g/mol. The molecule has 0 heterocycles. The largest absolute Gasteiger partial charge is 0.465 e. The second-order valence-electron chi connectivity index (χ2n) is 2.12. The first-order valence-corrected chi connectivity index (χ1v) is 3.32. The van der Waals surface area contributed by atoms with Crippen LogP contribution in [-0.4, -0.2) is 42.6 Å². The molecule has 0 bridgehead atoms. The summed E-state index contributed by atoms with van der Waals surface area (Å²) in [4.78, 5) is 0. The highest BCUT2D eigenvalue weighted by Crippen LogP contribution is 2.09. The lowest BCUT2D eigenvalue weighted by atomic mass is 9.74. The van der Waals surface area contributed by atoms with Crippen molar-refractivity contribution >= 4 is 7.12 Å². The van der Waals surface area contributed by atoms with Gasteiger partial charge in [0.15, 0.2) is 0 Å². The molecule has 0 saturated carbocycles. The van der Waals surface area contributed by atoms with Crippen LogP contribution in [0.1, 0.15) is 6.92 Å². The predicted octanol–water partition coefficient (Wildman–Crippen LogP) is -1.21. The third-order valence-corrected chi connectivity index (χ3v) is 1.23. The van der Waals surface area contributed by atoms with E-state index in [0.717, 1.165) is 0 Å². The zero-order valence-electron chi connectivity index (χ0n) is 6.43. The predicted molar refractivity (Wildman–Crippen MR) is 38.6 cm³/mol.